The number of nitrogens with zero attached hydrogens (tertiary/aromatic N) is 3. The van der Waals surface area contributed by atoms with E-state index in [2.05, 4.69) is 20.4 Å². The van der Waals surface area contributed by atoms with Crippen LogP contribution >= 0.6 is 0 Å². The molecule has 3 aromatic rings. The second kappa shape index (κ2) is 9.47. The molecule has 4 rings (SSSR count). The first kappa shape index (κ1) is 21.3. The third kappa shape index (κ3) is 4.85. The Morgan fingerprint density at radius 3 is 2.41 bits per heavy atom. The van der Waals surface area contributed by atoms with Crippen molar-refractivity contribution in [2.45, 2.75) is 12.8 Å². The Balaban J connectivity index is 1.39. The van der Waals surface area contributed by atoms with Crippen molar-refractivity contribution >= 4 is 23.3 Å². The maximum Gasteiger partial charge on any atom is 0.248 e. The number of benzene rings is 2. The summed E-state index contributed by atoms with van der Waals surface area (Å²) in [6.45, 7) is 1.40. The fourth-order valence-corrected chi connectivity index (χ4v) is 3.77. The third-order valence-corrected chi connectivity index (χ3v) is 5.59. The standard InChI is InChI=1S/C24H25N5O3/c1-32-20-10-6-16(7-11-20)21-12-13-22(28-27-21)29-14-2-3-18(15-29)24(31)26-19-8-4-17(5-9-19)23(25)30/h4-13,18H,2-3,14-15H2,1H3,(H2,25,30)(H,26,31)/t18-/m1/s1. The summed E-state index contributed by atoms with van der Waals surface area (Å²) in [6.07, 6.45) is 1.69. The largest absolute Gasteiger partial charge is 0.497 e. The molecule has 1 aromatic heterocycles. The lowest BCUT2D eigenvalue weighted by Crippen LogP contribution is -2.41. The molecule has 8 nitrogen and oxygen atoms in total. The number of piperidine rings is 1. The van der Waals surface area contributed by atoms with Crippen molar-refractivity contribution in [3.8, 4) is 17.0 Å². The minimum absolute atomic E-state index is 0.0515. The molecular weight excluding hydrogens is 406 g/mol. The topological polar surface area (TPSA) is 110 Å². The van der Waals surface area contributed by atoms with Crippen molar-refractivity contribution in [1.82, 2.24) is 10.2 Å². The molecular formula is C24H25N5O3. The molecule has 0 saturated carbocycles. The average molecular weight is 431 g/mol. The predicted octanol–water partition coefficient (Wildman–Crippen LogP) is 3.11. The first-order valence-corrected chi connectivity index (χ1v) is 10.5. The maximum atomic E-state index is 12.8. The van der Waals surface area contributed by atoms with Crippen molar-refractivity contribution in [3.63, 3.8) is 0 Å². The van der Waals surface area contributed by atoms with Gasteiger partial charge in [-0.05, 0) is 73.5 Å². The van der Waals surface area contributed by atoms with Crippen molar-refractivity contribution < 1.29 is 14.3 Å². The van der Waals surface area contributed by atoms with Crippen LogP contribution in [0, 0.1) is 5.92 Å². The van der Waals surface area contributed by atoms with Gasteiger partial charge in [-0.2, -0.15) is 0 Å². The molecule has 8 heteroatoms. The van der Waals surface area contributed by atoms with E-state index in [0.717, 1.165) is 42.2 Å². The Morgan fingerprint density at radius 2 is 1.78 bits per heavy atom. The number of aromatic nitrogens is 2. The van der Waals surface area contributed by atoms with Crippen LogP contribution < -0.4 is 20.7 Å². The molecule has 3 N–H and O–H groups in total. The summed E-state index contributed by atoms with van der Waals surface area (Å²) in [5.74, 6) is 0.835. The summed E-state index contributed by atoms with van der Waals surface area (Å²) in [7, 11) is 1.63. The van der Waals surface area contributed by atoms with E-state index in [9.17, 15) is 9.59 Å². The molecule has 1 saturated heterocycles. The number of hydrogen-bond acceptors (Lipinski definition) is 6. The Hall–Kier alpha value is -3.94. The van der Waals surface area contributed by atoms with E-state index in [1.807, 2.05) is 36.4 Å². The van der Waals surface area contributed by atoms with Crippen LogP contribution in [0.1, 0.15) is 23.2 Å². The monoisotopic (exact) mass is 431 g/mol. The number of carbonyl (C=O) groups excluding carboxylic acids is 2. The van der Waals surface area contributed by atoms with E-state index >= 15 is 0 Å². The van der Waals surface area contributed by atoms with Gasteiger partial charge in [0.05, 0.1) is 18.7 Å². The van der Waals surface area contributed by atoms with Crippen LogP contribution in [0.4, 0.5) is 11.5 Å². The van der Waals surface area contributed by atoms with Gasteiger partial charge < -0.3 is 20.7 Å². The van der Waals surface area contributed by atoms with Crippen LogP contribution in [0.15, 0.2) is 60.7 Å². The van der Waals surface area contributed by atoms with Crippen LogP contribution in [0.25, 0.3) is 11.3 Å². The van der Waals surface area contributed by atoms with E-state index in [0.29, 0.717) is 17.8 Å². The molecule has 2 aromatic carbocycles. The SMILES string of the molecule is COc1ccc(-c2ccc(N3CCC[C@@H](C(=O)Nc4ccc(C(N)=O)cc4)C3)nn2)cc1. The second-order valence-electron chi connectivity index (χ2n) is 7.72. The third-order valence-electron chi connectivity index (χ3n) is 5.59. The number of carbonyl (C=O) groups is 2. The van der Waals surface area contributed by atoms with E-state index in [1.54, 1.807) is 31.4 Å². The fraction of sp³-hybridized carbons (Fsp3) is 0.250. The van der Waals surface area contributed by atoms with Crippen molar-refractivity contribution in [2.75, 3.05) is 30.4 Å². The lowest BCUT2D eigenvalue weighted by molar-refractivity contribution is -0.120. The molecule has 1 aliphatic rings. The summed E-state index contributed by atoms with van der Waals surface area (Å²) in [5.41, 5.74) is 8.05. The Kier molecular flexibility index (Phi) is 6.30. The predicted molar refractivity (Wildman–Crippen MR) is 123 cm³/mol. The van der Waals surface area contributed by atoms with Gasteiger partial charge in [0.2, 0.25) is 11.8 Å². The lowest BCUT2D eigenvalue weighted by Gasteiger charge is -2.32. The molecule has 0 aliphatic carbocycles. The molecule has 164 valence electrons. The second-order valence-corrected chi connectivity index (χ2v) is 7.72. The van der Waals surface area contributed by atoms with Crippen LogP contribution in [-0.2, 0) is 4.79 Å². The van der Waals surface area contributed by atoms with Gasteiger partial charge in [0, 0.05) is 29.9 Å². The molecule has 0 unspecified atom stereocenters. The van der Waals surface area contributed by atoms with Gasteiger partial charge in [-0.1, -0.05) is 0 Å². The van der Waals surface area contributed by atoms with Gasteiger partial charge in [-0.3, -0.25) is 9.59 Å². The van der Waals surface area contributed by atoms with E-state index < -0.39 is 5.91 Å². The number of hydrogen-bond donors (Lipinski definition) is 2. The minimum Gasteiger partial charge on any atom is -0.497 e. The fourth-order valence-electron chi connectivity index (χ4n) is 3.77. The van der Waals surface area contributed by atoms with Gasteiger partial charge in [-0.25, -0.2) is 0 Å². The number of rotatable bonds is 6. The van der Waals surface area contributed by atoms with Crippen LogP contribution in [0.5, 0.6) is 5.75 Å². The highest BCUT2D eigenvalue weighted by molar-refractivity contribution is 5.95. The van der Waals surface area contributed by atoms with Gasteiger partial charge >= 0.3 is 0 Å². The van der Waals surface area contributed by atoms with Crippen molar-refractivity contribution in [2.24, 2.45) is 11.7 Å². The molecule has 1 atom stereocenters. The number of methoxy groups -OCH3 is 1. The highest BCUT2D eigenvalue weighted by Crippen LogP contribution is 2.25. The van der Waals surface area contributed by atoms with Crippen LogP contribution in [0.3, 0.4) is 0 Å². The highest BCUT2D eigenvalue weighted by Gasteiger charge is 2.27. The molecule has 1 fully saturated rings. The molecule has 32 heavy (non-hydrogen) atoms. The molecule has 2 heterocycles. The minimum atomic E-state index is -0.495. The van der Waals surface area contributed by atoms with Gasteiger partial charge in [-0.15, -0.1) is 10.2 Å². The number of amides is 2. The lowest BCUT2D eigenvalue weighted by atomic mass is 9.97. The Bertz CT molecular complexity index is 1080. The average Bonchev–Trinajstić information content (AvgIpc) is 2.84. The zero-order valence-electron chi connectivity index (χ0n) is 17.8. The Labute approximate surface area is 186 Å². The first-order valence-electron chi connectivity index (χ1n) is 10.5. The van der Waals surface area contributed by atoms with Gasteiger partial charge in [0.15, 0.2) is 5.82 Å². The first-order chi connectivity index (χ1) is 15.5. The van der Waals surface area contributed by atoms with Crippen molar-refractivity contribution in [1.29, 1.82) is 0 Å². The summed E-state index contributed by atoms with van der Waals surface area (Å²) in [4.78, 5) is 26.1. The zero-order chi connectivity index (χ0) is 22.5. The summed E-state index contributed by atoms with van der Waals surface area (Å²) >= 11 is 0. The molecule has 0 spiro atoms. The molecule has 1 aliphatic heterocycles. The Morgan fingerprint density at radius 1 is 1.03 bits per heavy atom. The quantitative estimate of drug-likeness (QED) is 0.621. The van der Waals surface area contributed by atoms with E-state index in [4.69, 9.17) is 10.5 Å². The summed E-state index contributed by atoms with van der Waals surface area (Å²) < 4.78 is 5.19. The summed E-state index contributed by atoms with van der Waals surface area (Å²) in [5, 5.41) is 11.7. The number of primary amides is 1. The number of nitrogens with two attached hydrogens (primary N) is 1. The summed E-state index contributed by atoms with van der Waals surface area (Å²) in [6, 6.07) is 18.1. The van der Waals surface area contributed by atoms with Crippen LogP contribution in [0.2, 0.25) is 0 Å². The van der Waals surface area contributed by atoms with Gasteiger partial charge in [0.1, 0.15) is 5.75 Å². The number of nitrogens with one attached hydrogen (secondary N) is 1. The number of ether oxygens (including phenoxy) is 1. The number of anilines is 2. The zero-order valence-corrected chi connectivity index (χ0v) is 17.8. The van der Waals surface area contributed by atoms with E-state index in [1.165, 1.54) is 0 Å². The van der Waals surface area contributed by atoms with E-state index in [-0.39, 0.29) is 11.8 Å². The van der Waals surface area contributed by atoms with Crippen LogP contribution in [-0.4, -0.2) is 42.2 Å². The van der Waals surface area contributed by atoms with Crippen molar-refractivity contribution in [3.05, 3.63) is 66.2 Å². The normalized spacial score (nSPS) is 15.8. The highest BCUT2D eigenvalue weighted by atomic mass is 16.5. The maximum absolute atomic E-state index is 12.8. The van der Waals surface area contributed by atoms with Gasteiger partial charge in [0.25, 0.3) is 0 Å². The molecule has 0 bridgehead atoms. The molecule has 2 amide bonds. The smallest absolute Gasteiger partial charge is 0.248 e. The molecule has 0 radical (unpaired) electrons.